The lowest BCUT2D eigenvalue weighted by Gasteiger charge is -2.28. The Morgan fingerprint density at radius 2 is 1.25 bits per heavy atom. The molecule has 0 aliphatic rings. The zero-order chi connectivity index (χ0) is 17.4. The lowest BCUT2D eigenvalue weighted by atomic mass is 10.2. The molecule has 2 rings (SSSR count). The monoisotopic (exact) mass is 348 g/mol. The minimum Gasteiger partial charge on any atom is -0.497 e. The highest BCUT2D eigenvalue weighted by molar-refractivity contribution is 7.96. The van der Waals surface area contributed by atoms with Crippen LogP contribution in [0.5, 0.6) is 11.5 Å². The van der Waals surface area contributed by atoms with Crippen LogP contribution in [0.2, 0.25) is 0 Å². The molecule has 0 atom stereocenters. The summed E-state index contributed by atoms with van der Waals surface area (Å²) in [6.07, 6.45) is 0. The molecule has 0 saturated heterocycles. The average Bonchev–Trinajstić information content (AvgIpc) is 2.62. The van der Waals surface area contributed by atoms with Gasteiger partial charge in [0, 0.05) is 18.8 Å². The molecule has 2 aromatic rings. The Kier molecular flexibility index (Phi) is 7.39. The van der Waals surface area contributed by atoms with Gasteiger partial charge in [-0.2, -0.15) is 5.01 Å². The third-order valence-corrected chi connectivity index (χ3v) is 4.25. The van der Waals surface area contributed by atoms with Gasteiger partial charge in [0.05, 0.1) is 14.2 Å². The number of hydrazine groups is 1. The molecule has 24 heavy (non-hydrogen) atoms. The molecule has 0 aliphatic carbocycles. The summed E-state index contributed by atoms with van der Waals surface area (Å²) in [5, 5.41) is 12.2. The molecule has 5 nitrogen and oxygen atoms in total. The van der Waals surface area contributed by atoms with Gasteiger partial charge in [0.15, 0.2) is 0 Å². The van der Waals surface area contributed by atoms with Gasteiger partial charge in [-0.25, -0.2) is 0 Å². The molecule has 0 bridgehead atoms. The highest BCUT2D eigenvalue weighted by Crippen LogP contribution is 2.20. The molecule has 0 radical (unpaired) electrons. The van der Waals surface area contributed by atoms with Gasteiger partial charge < -0.3 is 9.47 Å². The van der Waals surface area contributed by atoms with E-state index in [-0.39, 0.29) is 0 Å². The third-order valence-electron chi connectivity index (χ3n) is 3.53. The number of hydrogen-bond donors (Lipinski definition) is 1. The fraction of sp³-hybridized carbons (Fsp3) is 0.333. The van der Waals surface area contributed by atoms with Crippen LogP contribution < -0.4 is 9.47 Å². The minimum absolute atomic E-state index is 0.597. The number of nitrogens with zero attached hydrogens (tertiary/aromatic N) is 2. The maximum absolute atomic E-state index is 10.3. The molecule has 0 unspecified atom stereocenters. The Labute approximate surface area is 147 Å². The first kappa shape index (κ1) is 18.6. The van der Waals surface area contributed by atoms with Crippen LogP contribution in [0, 0.1) is 0 Å². The van der Waals surface area contributed by atoms with E-state index in [0.29, 0.717) is 13.1 Å². The van der Waals surface area contributed by atoms with Crippen LogP contribution in [-0.2, 0) is 13.1 Å². The largest absolute Gasteiger partial charge is 0.497 e. The van der Waals surface area contributed by atoms with Gasteiger partial charge in [0.25, 0.3) is 0 Å². The van der Waals surface area contributed by atoms with Crippen LogP contribution >= 0.6 is 11.9 Å². The second-order valence-electron chi connectivity index (χ2n) is 5.19. The van der Waals surface area contributed by atoms with Crippen LogP contribution in [0.25, 0.3) is 0 Å². The van der Waals surface area contributed by atoms with E-state index >= 15 is 0 Å². The number of benzene rings is 2. The molecule has 0 fully saturated rings. The van der Waals surface area contributed by atoms with Crippen molar-refractivity contribution in [1.82, 2.24) is 9.59 Å². The quantitative estimate of drug-likeness (QED) is 0.546. The highest BCUT2D eigenvalue weighted by Gasteiger charge is 2.15. The van der Waals surface area contributed by atoms with Gasteiger partial charge in [0.1, 0.15) is 11.5 Å². The SMILES string of the molecule is CCSN(O)N(Cc1ccc(OC)cc1)Cc1ccc(OC)cc1. The highest BCUT2D eigenvalue weighted by atomic mass is 32.2. The normalized spacial score (nSPS) is 11.1. The predicted molar refractivity (Wildman–Crippen MR) is 97.0 cm³/mol. The Balaban J connectivity index is 2.10. The zero-order valence-electron chi connectivity index (χ0n) is 14.3. The molecule has 0 aliphatic heterocycles. The molecule has 0 spiro atoms. The summed E-state index contributed by atoms with van der Waals surface area (Å²) in [5.41, 5.74) is 2.19. The van der Waals surface area contributed by atoms with E-state index in [1.807, 2.05) is 60.5 Å². The maximum Gasteiger partial charge on any atom is 0.118 e. The third kappa shape index (κ3) is 5.42. The van der Waals surface area contributed by atoms with Gasteiger partial charge in [0.2, 0.25) is 0 Å². The second kappa shape index (κ2) is 9.54. The van der Waals surface area contributed by atoms with E-state index in [2.05, 4.69) is 0 Å². The number of ether oxygens (including phenoxy) is 2. The van der Waals surface area contributed by atoms with Crippen molar-refractivity contribution in [3.05, 3.63) is 59.7 Å². The summed E-state index contributed by atoms with van der Waals surface area (Å²) in [4.78, 5) is 0. The van der Waals surface area contributed by atoms with Crippen LogP contribution in [0.15, 0.2) is 48.5 Å². The number of methoxy groups -OCH3 is 2. The molecule has 130 valence electrons. The van der Waals surface area contributed by atoms with E-state index in [9.17, 15) is 5.21 Å². The maximum atomic E-state index is 10.3. The van der Waals surface area contributed by atoms with Crippen molar-refractivity contribution >= 4 is 11.9 Å². The van der Waals surface area contributed by atoms with Crippen molar-refractivity contribution in [1.29, 1.82) is 0 Å². The Hall–Kier alpha value is -1.73. The first-order valence-corrected chi connectivity index (χ1v) is 8.73. The van der Waals surface area contributed by atoms with Gasteiger partial charge in [-0.1, -0.05) is 35.8 Å². The van der Waals surface area contributed by atoms with E-state index < -0.39 is 0 Å². The Morgan fingerprint density at radius 3 is 1.58 bits per heavy atom. The standard InChI is InChI=1S/C18H24N2O3S/c1-4-24-20(21)19(13-15-5-9-17(22-2)10-6-15)14-16-7-11-18(23-3)12-8-16/h5-12,21H,4,13-14H2,1-3H3. The Bertz CT molecular complexity index is 555. The molecule has 0 amide bonds. The first-order chi connectivity index (χ1) is 11.7. The molecule has 0 aromatic heterocycles. The molecular weight excluding hydrogens is 324 g/mol. The van der Waals surface area contributed by atoms with Crippen LogP contribution in [0.3, 0.4) is 0 Å². The van der Waals surface area contributed by atoms with E-state index in [1.165, 1.54) is 16.5 Å². The number of rotatable bonds is 9. The van der Waals surface area contributed by atoms with Crippen molar-refractivity contribution in [2.75, 3.05) is 20.0 Å². The van der Waals surface area contributed by atoms with E-state index in [1.54, 1.807) is 14.2 Å². The van der Waals surface area contributed by atoms with Gasteiger partial charge in [-0.3, -0.25) is 5.21 Å². The lowest BCUT2D eigenvalue weighted by Crippen LogP contribution is -2.34. The van der Waals surface area contributed by atoms with Gasteiger partial charge in [-0.05, 0) is 47.3 Å². The summed E-state index contributed by atoms with van der Waals surface area (Å²) >= 11 is 1.36. The molecule has 1 N–H and O–H groups in total. The van der Waals surface area contributed by atoms with Crippen molar-refractivity contribution in [3.63, 3.8) is 0 Å². The van der Waals surface area contributed by atoms with E-state index in [0.717, 1.165) is 28.4 Å². The smallest absolute Gasteiger partial charge is 0.118 e. The van der Waals surface area contributed by atoms with Crippen molar-refractivity contribution in [3.8, 4) is 11.5 Å². The lowest BCUT2D eigenvalue weighted by molar-refractivity contribution is -0.168. The zero-order valence-corrected chi connectivity index (χ0v) is 15.1. The molecular formula is C18H24N2O3S. The summed E-state index contributed by atoms with van der Waals surface area (Å²) in [6, 6.07) is 15.7. The van der Waals surface area contributed by atoms with Crippen molar-refractivity contribution in [2.45, 2.75) is 20.0 Å². The molecule has 0 heterocycles. The van der Waals surface area contributed by atoms with Gasteiger partial charge >= 0.3 is 0 Å². The predicted octanol–water partition coefficient (Wildman–Crippen LogP) is 3.98. The summed E-state index contributed by atoms with van der Waals surface area (Å²) in [7, 11) is 3.30. The van der Waals surface area contributed by atoms with Crippen LogP contribution in [0.4, 0.5) is 0 Å². The average molecular weight is 348 g/mol. The second-order valence-corrected chi connectivity index (χ2v) is 6.35. The van der Waals surface area contributed by atoms with Crippen molar-refractivity contribution in [2.24, 2.45) is 0 Å². The fourth-order valence-electron chi connectivity index (χ4n) is 2.26. The summed E-state index contributed by atoms with van der Waals surface area (Å²) in [6.45, 7) is 3.20. The summed E-state index contributed by atoms with van der Waals surface area (Å²) < 4.78 is 11.6. The van der Waals surface area contributed by atoms with Gasteiger partial charge in [-0.15, -0.1) is 0 Å². The van der Waals surface area contributed by atoms with Crippen molar-refractivity contribution < 1.29 is 14.7 Å². The molecule has 2 aromatic carbocycles. The number of hydrogen-bond acceptors (Lipinski definition) is 6. The summed E-state index contributed by atoms with van der Waals surface area (Å²) in [5.74, 6) is 2.44. The first-order valence-electron chi connectivity index (χ1n) is 7.79. The topological polar surface area (TPSA) is 45.2 Å². The minimum atomic E-state index is 0.597. The van der Waals surface area contributed by atoms with E-state index in [4.69, 9.17) is 9.47 Å². The molecule has 6 heteroatoms. The van der Waals surface area contributed by atoms with Crippen LogP contribution in [0.1, 0.15) is 18.1 Å². The molecule has 0 saturated carbocycles. The fourth-order valence-corrected chi connectivity index (χ4v) is 2.77. The Morgan fingerprint density at radius 1 is 0.833 bits per heavy atom. The van der Waals surface area contributed by atoms with Crippen LogP contribution in [-0.4, -0.2) is 34.8 Å².